The molecule has 0 radical (unpaired) electrons. The minimum Gasteiger partial charge on any atom is -0.348 e. The number of nitrogens with zero attached hydrogens (tertiary/aromatic N) is 2. The molecule has 0 saturated heterocycles. The fourth-order valence-electron chi connectivity index (χ4n) is 3.12. The van der Waals surface area contributed by atoms with Gasteiger partial charge in [0.2, 0.25) is 0 Å². The van der Waals surface area contributed by atoms with Gasteiger partial charge in [-0.3, -0.25) is 20.3 Å². The third-order valence-electron chi connectivity index (χ3n) is 4.58. The Morgan fingerprint density at radius 1 is 1.00 bits per heavy atom. The number of non-ortho nitro benzene ring substituents is 1. The van der Waals surface area contributed by atoms with Crippen molar-refractivity contribution in [2.24, 2.45) is 5.10 Å². The maximum Gasteiger partial charge on any atom is 0.272 e. The fraction of sp³-hybridized carbons (Fsp3) is 0.300. The maximum atomic E-state index is 12.8. The highest BCUT2D eigenvalue weighted by Gasteiger charge is 2.21. The SMILES string of the molecule is O=C(NC1CCCCC1)/C(=N/Nc1ccccc1)c1ccc([N+](=O)[O-])cc1. The van der Waals surface area contributed by atoms with Crippen molar-refractivity contribution in [3.8, 4) is 0 Å². The van der Waals surface area contributed by atoms with E-state index in [1.54, 1.807) is 12.1 Å². The topological polar surface area (TPSA) is 96.6 Å². The van der Waals surface area contributed by atoms with E-state index in [2.05, 4.69) is 15.8 Å². The summed E-state index contributed by atoms with van der Waals surface area (Å²) in [7, 11) is 0. The minimum absolute atomic E-state index is 0.0261. The summed E-state index contributed by atoms with van der Waals surface area (Å²) in [6.45, 7) is 0. The minimum atomic E-state index is -0.467. The Morgan fingerprint density at radius 3 is 2.30 bits per heavy atom. The monoisotopic (exact) mass is 366 g/mol. The second-order valence-electron chi connectivity index (χ2n) is 6.55. The summed E-state index contributed by atoms with van der Waals surface area (Å²) in [6, 6.07) is 15.3. The highest BCUT2D eigenvalue weighted by molar-refractivity contribution is 6.45. The molecule has 0 spiro atoms. The fourth-order valence-corrected chi connectivity index (χ4v) is 3.12. The highest BCUT2D eigenvalue weighted by atomic mass is 16.6. The molecule has 1 aliphatic carbocycles. The number of anilines is 1. The van der Waals surface area contributed by atoms with Gasteiger partial charge in [0, 0.05) is 23.7 Å². The molecule has 7 heteroatoms. The molecule has 3 rings (SSSR count). The average Bonchev–Trinajstić information content (AvgIpc) is 2.70. The molecule has 0 aliphatic heterocycles. The van der Waals surface area contributed by atoms with Crippen LogP contribution in [-0.4, -0.2) is 22.6 Å². The molecule has 2 aromatic carbocycles. The summed E-state index contributed by atoms with van der Waals surface area (Å²) in [5.74, 6) is -0.279. The first kappa shape index (κ1) is 18.6. The number of benzene rings is 2. The van der Waals surface area contributed by atoms with Crippen LogP contribution in [0.2, 0.25) is 0 Å². The first-order chi connectivity index (χ1) is 13.1. The third-order valence-corrected chi connectivity index (χ3v) is 4.58. The van der Waals surface area contributed by atoms with Crippen LogP contribution in [0.15, 0.2) is 59.7 Å². The molecule has 1 fully saturated rings. The Labute approximate surface area is 157 Å². The van der Waals surface area contributed by atoms with Crippen molar-refractivity contribution in [1.29, 1.82) is 0 Å². The molecule has 0 aromatic heterocycles. The van der Waals surface area contributed by atoms with Crippen LogP contribution in [0.5, 0.6) is 0 Å². The van der Waals surface area contributed by atoms with E-state index in [4.69, 9.17) is 0 Å². The Hall–Kier alpha value is -3.22. The molecule has 0 unspecified atom stereocenters. The van der Waals surface area contributed by atoms with Crippen LogP contribution < -0.4 is 10.7 Å². The van der Waals surface area contributed by atoms with E-state index in [9.17, 15) is 14.9 Å². The first-order valence-electron chi connectivity index (χ1n) is 9.08. The lowest BCUT2D eigenvalue weighted by molar-refractivity contribution is -0.384. The second kappa shape index (κ2) is 8.93. The zero-order chi connectivity index (χ0) is 19.1. The number of carbonyl (C=O) groups excluding carboxylic acids is 1. The Kier molecular flexibility index (Phi) is 6.14. The highest BCUT2D eigenvalue weighted by Crippen LogP contribution is 2.18. The number of rotatable bonds is 6. The Bertz CT molecular complexity index is 813. The van der Waals surface area contributed by atoms with E-state index >= 15 is 0 Å². The standard InChI is InChI=1S/C20H22N4O3/c25-20(21-16-7-3-1-4-8-16)19(23-22-17-9-5-2-6-10-17)15-11-13-18(14-12-15)24(26)27/h2,5-6,9-14,16,22H,1,3-4,7-8H2,(H,21,25)/b23-19+. The van der Waals surface area contributed by atoms with Crippen molar-refractivity contribution in [2.45, 2.75) is 38.1 Å². The number of nitro groups is 1. The van der Waals surface area contributed by atoms with Gasteiger partial charge >= 0.3 is 0 Å². The van der Waals surface area contributed by atoms with Gasteiger partial charge in [-0.1, -0.05) is 37.5 Å². The van der Waals surface area contributed by atoms with E-state index in [0.717, 1.165) is 31.4 Å². The molecule has 27 heavy (non-hydrogen) atoms. The van der Waals surface area contributed by atoms with Gasteiger partial charge in [-0.15, -0.1) is 0 Å². The van der Waals surface area contributed by atoms with Crippen LogP contribution in [-0.2, 0) is 4.79 Å². The van der Waals surface area contributed by atoms with Gasteiger partial charge in [-0.2, -0.15) is 5.10 Å². The van der Waals surface area contributed by atoms with Crippen LogP contribution >= 0.6 is 0 Å². The van der Waals surface area contributed by atoms with Crippen molar-refractivity contribution < 1.29 is 9.72 Å². The summed E-state index contributed by atoms with van der Waals surface area (Å²) >= 11 is 0. The molecule has 0 bridgehead atoms. The molecule has 0 heterocycles. The smallest absolute Gasteiger partial charge is 0.272 e. The quantitative estimate of drug-likeness (QED) is 0.461. The number of hydrazone groups is 1. The largest absolute Gasteiger partial charge is 0.348 e. The second-order valence-corrected chi connectivity index (χ2v) is 6.55. The van der Waals surface area contributed by atoms with E-state index < -0.39 is 4.92 Å². The molecule has 1 amide bonds. The number of nitro benzene ring substituents is 1. The number of amides is 1. The number of carbonyl (C=O) groups is 1. The van der Waals surface area contributed by atoms with E-state index in [1.165, 1.54) is 18.6 Å². The normalized spacial score (nSPS) is 15.2. The lowest BCUT2D eigenvalue weighted by Gasteiger charge is -2.23. The van der Waals surface area contributed by atoms with Gasteiger partial charge in [0.1, 0.15) is 0 Å². The van der Waals surface area contributed by atoms with Gasteiger partial charge < -0.3 is 5.32 Å². The van der Waals surface area contributed by atoms with Gasteiger partial charge in [0.25, 0.3) is 11.6 Å². The van der Waals surface area contributed by atoms with Crippen LogP contribution in [0.25, 0.3) is 0 Å². The predicted octanol–water partition coefficient (Wildman–Crippen LogP) is 3.86. The van der Waals surface area contributed by atoms with E-state index in [1.807, 2.05) is 30.3 Å². The first-order valence-corrected chi connectivity index (χ1v) is 9.08. The summed E-state index contributed by atoms with van der Waals surface area (Å²) in [5, 5.41) is 18.2. The Morgan fingerprint density at radius 2 is 1.67 bits per heavy atom. The summed E-state index contributed by atoms with van der Waals surface area (Å²) in [6.07, 6.45) is 5.34. The lowest BCUT2D eigenvalue weighted by atomic mass is 9.95. The molecule has 140 valence electrons. The number of nitrogens with one attached hydrogen (secondary N) is 2. The van der Waals surface area contributed by atoms with Crippen LogP contribution in [0.4, 0.5) is 11.4 Å². The predicted molar refractivity (Wildman–Crippen MR) is 105 cm³/mol. The van der Waals surface area contributed by atoms with E-state index in [0.29, 0.717) is 5.56 Å². The summed E-state index contributed by atoms with van der Waals surface area (Å²) in [4.78, 5) is 23.2. The van der Waals surface area contributed by atoms with Crippen molar-refractivity contribution in [3.05, 3.63) is 70.3 Å². The molecular weight excluding hydrogens is 344 g/mol. The molecule has 2 aromatic rings. The maximum absolute atomic E-state index is 12.8. The summed E-state index contributed by atoms with van der Waals surface area (Å²) in [5.41, 5.74) is 4.35. The van der Waals surface area contributed by atoms with Gasteiger partial charge in [-0.25, -0.2) is 0 Å². The zero-order valence-electron chi connectivity index (χ0n) is 14.9. The van der Waals surface area contributed by atoms with Crippen LogP contribution in [0.3, 0.4) is 0 Å². The van der Waals surface area contributed by atoms with Crippen molar-refractivity contribution in [1.82, 2.24) is 5.32 Å². The lowest BCUT2D eigenvalue weighted by Crippen LogP contribution is -2.40. The van der Waals surface area contributed by atoms with Crippen molar-refractivity contribution in [3.63, 3.8) is 0 Å². The number of para-hydroxylation sites is 1. The van der Waals surface area contributed by atoms with E-state index in [-0.39, 0.29) is 23.3 Å². The van der Waals surface area contributed by atoms with Gasteiger partial charge in [0.05, 0.1) is 10.6 Å². The van der Waals surface area contributed by atoms with Crippen LogP contribution in [0.1, 0.15) is 37.7 Å². The van der Waals surface area contributed by atoms with Crippen molar-refractivity contribution >= 4 is 23.0 Å². The molecule has 1 aliphatic rings. The summed E-state index contributed by atoms with van der Waals surface area (Å²) < 4.78 is 0. The number of hydrogen-bond acceptors (Lipinski definition) is 5. The Balaban J connectivity index is 1.82. The average molecular weight is 366 g/mol. The number of hydrogen-bond donors (Lipinski definition) is 2. The van der Waals surface area contributed by atoms with Gasteiger partial charge in [-0.05, 0) is 37.1 Å². The van der Waals surface area contributed by atoms with Crippen LogP contribution in [0, 0.1) is 10.1 Å². The molecular formula is C20H22N4O3. The molecule has 2 N–H and O–H groups in total. The van der Waals surface area contributed by atoms with Gasteiger partial charge in [0.15, 0.2) is 5.71 Å². The molecule has 0 atom stereocenters. The molecule has 1 saturated carbocycles. The zero-order valence-corrected chi connectivity index (χ0v) is 14.9. The third kappa shape index (κ3) is 5.13. The molecule has 7 nitrogen and oxygen atoms in total. The van der Waals surface area contributed by atoms with Crippen molar-refractivity contribution in [2.75, 3.05) is 5.43 Å².